The van der Waals surface area contributed by atoms with Crippen molar-refractivity contribution < 1.29 is 15.1 Å². The standard InChI is InChI=1S/C13H28N2O3/c1-15(18-2)9-12(16)13(17)11(14)8-10-6-4-3-5-7-10/h10-13,16-17H,3-9,14H2,1-2H3/t11-,12-,13+/m0/s1. The van der Waals surface area contributed by atoms with Crippen molar-refractivity contribution in [3.05, 3.63) is 0 Å². The van der Waals surface area contributed by atoms with Gasteiger partial charge in [0, 0.05) is 13.1 Å². The van der Waals surface area contributed by atoms with Gasteiger partial charge in [0.1, 0.15) is 0 Å². The molecule has 5 heteroatoms. The third-order valence-electron chi connectivity index (χ3n) is 3.92. The Hall–Kier alpha value is -0.200. The number of likely N-dealkylation sites (N-methyl/N-ethyl adjacent to an activating group) is 1. The van der Waals surface area contributed by atoms with Gasteiger partial charge in [-0.05, 0) is 12.3 Å². The zero-order chi connectivity index (χ0) is 13.5. The van der Waals surface area contributed by atoms with Crippen LogP contribution in [0.25, 0.3) is 0 Å². The van der Waals surface area contributed by atoms with Gasteiger partial charge in [-0.2, -0.15) is 5.06 Å². The molecule has 108 valence electrons. The Balaban J connectivity index is 2.32. The smallest absolute Gasteiger partial charge is 0.0964 e. The van der Waals surface area contributed by atoms with Crippen molar-refractivity contribution in [1.82, 2.24) is 5.06 Å². The van der Waals surface area contributed by atoms with Crippen LogP contribution in [-0.4, -0.2) is 54.2 Å². The summed E-state index contributed by atoms with van der Waals surface area (Å²) in [5.74, 6) is 0.607. The van der Waals surface area contributed by atoms with E-state index in [0.29, 0.717) is 5.92 Å². The molecule has 0 saturated heterocycles. The summed E-state index contributed by atoms with van der Waals surface area (Å²) >= 11 is 0. The predicted octanol–water partition coefficient (Wildman–Crippen LogP) is 0.499. The number of nitrogens with zero attached hydrogens (tertiary/aromatic N) is 1. The van der Waals surface area contributed by atoms with E-state index in [4.69, 9.17) is 10.6 Å². The minimum absolute atomic E-state index is 0.260. The lowest BCUT2D eigenvalue weighted by Gasteiger charge is -2.30. The molecule has 4 N–H and O–H groups in total. The van der Waals surface area contributed by atoms with E-state index in [1.807, 2.05) is 0 Å². The molecule has 1 saturated carbocycles. The van der Waals surface area contributed by atoms with Crippen LogP contribution in [0, 0.1) is 5.92 Å². The fourth-order valence-electron chi connectivity index (χ4n) is 2.68. The van der Waals surface area contributed by atoms with E-state index in [-0.39, 0.29) is 12.6 Å². The molecular weight excluding hydrogens is 232 g/mol. The van der Waals surface area contributed by atoms with Crippen molar-refractivity contribution in [1.29, 1.82) is 0 Å². The summed E-state index contributed by atoms with van der Waals surface area (Å²) in [6, 6.07) is -0.353. The monoisotopic (exact) mass is 260 g/mol. The summed E-state index contributed by atoms with van der Waals surface area (Å²) in [4.78, 5) is 4.92. The van der Waals surface area contributed by atoms with E-state index in [1.165, 1.54) is 44.3 Å². The van der Waals surface area contributed by atoms with Gasteiger partial charge in [-0.3, -0.25) is 0 Å². The third-order valence-corrected chi connectivity index (χ3v) is 3.92. The fraction of sp³-hybridized carbons (Fsp3) is 1.00. The van der Waals surface area contributed by atoms with Gasteiger partial charge in [0.25, 0.3) is 0 Å². The predicted molar refractivity (Wildman–Crippen MR) is 70.8 cm³/mol. The number of nitrogens with two attached hydrogens (primary N) is 1. The normalized spacial score (nSPS) is 23.0. The lowest BCUT2D eigenvalue weighted by Crippen LogP contribution is -2.48. The number of hydroxylamine groups is 2. The largest absolute Gasteiger partial charge is 0.389 e. The lowest BCUT2D eigenvalue weighted by atomic mass is 9.83. The van der Waals surface area contributed by atoms with E-state index in [0.717, 1.165) is 6.42 Å². The van der Waals surface area contributed by atoms with Crippen LogP contribution < -0.4 is 5.73 Å². The van der Waals surface area contributed by atoms with Crippen LogP contribution in [0.3, 0.4) is 0 Å². The third kappa shape index (κ3) is 5.20. The molecule has 0 aromatic carbocycles. The summed E-state index contributed by atoms with van der Waals surface area (Å²) in [6.45, 7) is 0.260. The maximum atomic E-state index is 10.0. The minimum atomic E-state index is -0.885. The number of rotatable bonds is 7. The van der Waals surface area contributed by atoms with Gasteiger partial charge in [-0.25, -0.2) is 0 Å². The highest BCUT2D eigenvalue weighted by molar-refractivity contribution is 4.82. The molecule has 0 aromatic heterocycles. The zero-order valence-electron chi connectivity index (χ0n) is 11.6. The first-order valence-electron chi connectivity index (χ1n) is 6.91. The molecule has 0 aromatic rings. The minimum Gasteiger partial charge on any atom is -0.389 e. The summed E-state index contributed by atoms with van der Waals surface area (Å²) in [6.07, 6.45) is 5.30. The Morgan fingerprint density at radius 2 is 1.89 bits per heavy atom. The molecule has 18 heavy (non-hydrogen) atoms. The maximum absolute atomic E-state index is 10.0. The summed E-state index contributed by atoms with van der Waals surface area (Å²) in [5.41, 5.74) is 6.00. The van der Waals surface area contributed by atoms with Crippen LogP contribution in [0.15, 0.2) is 0 Å². The number of hydrogen-bond acceptors (Lipinski definition) is 5. The van der Waals surface area contributed by atoms with Crippen molar-refractivity contribution in [3.63, 3.8) is 0 Å². The van der Waals surface area contributed by atoms with E-state index in [2.05, 4.69) is 0 Å². The summed E-state index contributed by atoms with van der Waals surface area (Å²) in [7, 11) is 3.24. The van der Waals surface area contributed by atoms with E-state index in [1.54, 1.807) is 7.05 Å². The van der Waals surface area contributed by atoms with E-state index >= 15 is 0 Å². The molecule has 0 aliphatic heterocycles. The van der Waals surface area contributed by atoms with Gasteiger partial charge >= 0.3 is 0 Å². The molecular formula is C13H28N2O3. The Labute approximate surface area is 110 Å². The van der Waals surface area contributed by atoms with E-state index in [9.17, 15) is 10.2 Å². The van der Waals surface area contributed by atoms with Crippen molar-refractivity contribution in [3.8, 4) is 0 Å². The molecule has 0 heterocycles. The number of aliphatic hydroxyl groups excluding tert-OH is 2. The molecule has 5 nitrogen and oxygen atoms in total. The van der Waals surface area contributed by atoms with Gasteiger partial charge in [-0.15, -0.1) is 0 Å². The summed E-state index contributed by atoms with van der Waals surface area (Å²) in [5, 5.41) is 21.4. The highest BCUT2D eigenvalue weighted by Crippen LogP contribution is 2.27. The first-order valence-corrected chi connectivity index (χ1v) is 6.91. The van der Waals surface area contributed by atoms with Crippen LogP contribution in [0.2, 0.25) is 0 Å². The second-order valence-electron chi connectivity index (χ2n) is 5.45. The molecule has 1 aliphatic rings. The molecule has 1 rings (SSSR count). The first kappa shape index (κ1) is 15.9. The number of aliphatic hydroxyl groups is 2. The first-order chi connectivity index (χ1) is 8.54. The van der Waals surface area contributed by atoms with Crippen LogP contribution >= 0.6 is 0 Å². The molecule has 1 aliphatic carbocycles. The Morgan fingerprint density at radius 3 is 2.44 bits per heavy atom. The maximum Gasteiger partial charge on any atom is 0.0964 e. The Kier molecular flexibility index (Phi) is 7.11. The average Bonchev–Trinajstić information content (AvgIpc) is 2.38. The van der Waals surface area contributed by atoms with Gasteiger partial charge in [0.2, 0.25) is 0 Å². The van der Waals surface area contributed by atoms with Gasteiger partial charge in [-0.1, -0.05) is 32.1 Å². The van der Waals surface area contributed by atoms with Crippen molar-refractivity contribution in [2.75, 3.05) is 20.7 Å². The number of hydrogen-bond donors (Lipinski definition) is 3. The van der Waals surface area contributed by atoms with E-state index < -0.39 is 12.2 Å². The molecule has 1 fully saturated rings. The SMILES string of the molecule is CON(C)C[C@H](O)[C@H](O)[C@@H](N)CC1CCCCC1. The second-order valence-corrected chi connectivity index (χ2v) is 5.45. The quantitative estimate of drug-likeness (QED) is 0.581. The lowest BCUT2D eigenvalue weighted by molar-refractivity contribution is -0.143. The highest BCUT2D eigenvalue weighted by Gasteiger charge is 2.27. The second kappa shape index (κ2) is 8.07. The molecule has 3 atom stereocenters. The van der Waals surface area contributed by atoms with Crippen molar-refractivity contribution >= 4 is 0 Å². The fourth-order valence-corrected chi connectivity index (χ4v) is 2.68. The molecule has 0 spiro atoms. The van der Waals surface area contributed by atoms with Crippen LogP contribution in [0.5, 0.6) is 0 Å². The van der Waals surface area contributed by atoms with Gasteiger partial charge < -0.3 is 20.8 Å². The van der Waals surface area contributed by atoms with Crippen LogP contribution in [0.1, 0.15) is 38.5 Å². The topological polar surface area (TPSA) is 79.0 Å². The highest BCUT2D eigenvalue weighted by atomic mass is 16.7. The van der Waals surface area contributed by atoms with Crippen molar-refractivity contribution in [2.45, 2.75) is 56.8 Å². The van der Waals surface area contributed by atoms with Crippen molar-refractivity contribution in [2.24, 2.45) is 11.7 Å². The Morgan fingerprint density at radius 1 is 1.28 bits per heavy atom. The van der Waals surface area contributed by atoms with Crippen LogP contribution in [0.4, 0.5) is 0 Å². The zero-order valence-corrected chi connectivity index (χ0v) is 11.6. The Bertz CT molecular complexity index is 222. The van der Waals surface area contributed by atoms with Gasteiger partial charge in [0.15, 0.2) is 0 Å². The van der Waals surface area contributed by atoms with Gasteiger partial charge in [0.05, 0.1) is 25.9 Å². The summed E-state index contributed by atoms with van der Waals surface area (Å²) < 4.78 is 0. The molecule has 0 radical (unpaired) electrons. The molecule has 0 amide bonds. The average molecular weight is 260 g/mol. The molecule has 0 unspecified atom stereocenters. The molecule has 0 bridgehead atoms. The van der Waals surface area contributed by atoms with Crippen LogP contribution in [-0.2, 0) is 4.84 Å².